The zero-order valence-corrected chi connectivity index (χ0v) is 16.4. The molecule has 0 spiro atoms. The number of benzene rings is 1. The van der Waals surface area contributed by atoms with E-state index in [4.69, 9.17) is 4.74 Å². The molecule has 28 heavy (non-hydrogen) atoms. The third-order valence-corrected chi connectivity index (χ3v) is 5.32. The van der Waals surface area contributed by atoms with Crippen molar-refractivity contribution in [3.8, 4) is 0 Å². The average molecular weight is 403 g/mol. The van der Waals surface area contributed by atoms with E-state index in [2.05, 4.69) is 10.3 Å². The molecule has 3 rings (SSSR count). The summed E-state index contributed by atoms with van der Waals surface area (Å²) in [6.45, 7) is 4.83. The van der Waals surface area contributed by atoms with Crippen molar-refractivity contribution in [2.75, 3.05) is 11.9 Å². The minimum atomic E-state index is -0.568. The first-order valence-corrected chi connectivity index (χ1v) is 9.37. The quantitative estimate of drug-likeness (QED) is 0.662. The molecule has 0 aliphatic carbocycles. The summed E-state index contributed by atoms with van der Waals surface area (Å²) < 4.78 is 19.9. The standard InChI is InChI=1S/C19H18FN3O4S/c1-4-27-19(26)16-10(2)15-17(28-16)21-11(3)23(18(15)25)9-14(24)22-13-8-6-5-7-12(13)20/h5-8H,4,9H2,1-3H3,(H,22,24). The number of ether oxygens (including phenoxy) is 1. The van der Waals surface area contributed by atoms with Gasteiger partial charge in [-0.15, -0.1) is 11.3 Å². The number of carbonyl (C=O) groups is 2. The lowest BCUT2D eigenvalue weighted by atomic mass is 10.2. The van der Waals surface area contributed by atoms with E-state index in [-0.39, 0.29) is 24.2 Å². The van der Waals surface area contributed by atoms with Crippen LogP contribution in [0.4, 0.5) is 10.1 Å². The monoisotopic (exact) mass is 403 g/mol. The number of aromatic nitrogens is 2. The maximum atomic E-state index is 13.7. The number of amides is 1. The topological polar surface area (TPSA) is 90.3 Å². The van der Waals surface area contributed by atoms with Crippen LogP contribution in [-0.2, 0) is 16.1 Å². The van der Waals surface area contributed by atoms with Crippen molar-refractivity contribution in [2.45, 2.75) is 27.3 Å². The van der Waals surface area contributed by atoms with Crippen LogP contribution in [0.2, 0.25) is 0 Å². The number of aryl methyl sites for hydroxylation is 2. The Labute approximate surface area is 163 Å². The molecule has 0 fully saturated rings. The fraction of sp³-hybridized carbons (Fsp3) is 0.263. The number of nitrogens with one attached hydrogen (secondary N) is 1. The molecule has 3 aromatic rings. The molecular formula is C19H18FN3O4S. The summed E-state index contributed by atoms with van der Waals surface area (Å²) in [6.07, 6.45) is 0. The number of halogens is 1. The lowest BCUT2D eigenvalue weighted by molar-refractivity contribution is -0.116. The van der Waals surface area contributed by atoms with Crippen LogP contribution >= 0.6 is 11.3 Å². The van der Waals surface area contributed by atoms with Crippen LogP contribution in [0.1, 0.15) is 28.0 Å². The second kappa shape index (κ2) is 7.89. The summed E-state index contributed by atoms with van der Waals surface area (Å²) in [5, 5.41) is 2.72. The summed E-state index contributed by atoms with van der Waals surface area (Å²) in [6, 6.07) is 5.76. The van der Waals surface area contributed by atoms with Crippen LogP contribution < -0.4 is 10.9 Å². The molecule has 1 N–H and O–H groups in total. The highest BCUT2D eigenvalue weighted by atomic mass is 32.1. The van der Waals surface area contributed by atoms with Gasteiger partial charge in [-0.25, -0.2) is 14.2 Å². The molecule has 146 valence electrons. The van der Waals surface area contributed by atoms with Crippen LogP contribution in [0.25, 0.3) is 10.2 Å². The molecule has 0 aliphatic rings. The molecule has 0 atom stereocenters. The second-order valence-corrected chi connectivity index (χ2v) is 7.03. The van der Waals surface area contributed by atoms with Crippen LogP contribution in [0.15, 0.2) is 29.1 Å². The molecule has 2 aromatic heterocycles. The van der Waals surface area contributed by atoms with Crippen molar-refractivity contribution in [2.24, 2.45) is 0 Å². The van der Waals surface area contributed by atoms with Gasteiger partial charge in [-0.1, -0.05) is 12.1 Å². The van der Waals surface area contributed by atoms with E-state index in [1.54, 1.807) is 26.8 Å². The van der Waals surface area contributed by atoms with Gasteiger partial charge < -0.3 is 10.1 Å². The number of anilines is 1. The highest BCUT2D eigenvalue weighted by Crippen LogP contribution is 2.28. The number of thiophene rings is 1. The van der Waals surface area contributed by atoms with Gasteiger partial charge in [-0.2, -0.15) is 0 Å². The predicted molar refractivity (Wildman–Crippen MR) is 104 cm³/mol. The highest BCUT2D eigenvalue weighted by molar-refractivity contribution is 7.20. The van der Waals surface area contributed by atoms with Crippen molar-refractivity contribution in [1.82, 2.24) is 9.55 Å². The van der Waals surface area contributed by atoms with E-state index in [1.807, 2.05) is 0 Å². The molecule has 0 aliphatic heterocycles. The zero-order valence-electron chi connectivity index (χ0n) is 15.5. The van der Waals surface area contributed by atoms with Crippen LogP contribution in [0.5, 0.6) is 0 Å². The van der Waals surface area contributed by atoms with Gasteiger partial charge >= 0.3 is 5.97 Å². The summed E-state index contributed by atoms with van der Waals surface area (Å²) >= 11 is 1.08. The molecule has 0 saturated heterocycles. The molecule has 1 amide bonds. The Kier molecular flexibility index (Phi) is 5.55. The summed E-state index contributed by atoms with van der Waals surface area (Å²) in [7, 11) is 0. The number of carbonyl (C=O) groups excluding carboxylic acids is 2. The summed E-state index contributed by atoms with van der Waals surface area (Å²) in [4.78, 5) is 42.4. The van der Waals surface area contributed by atoms with Gasteiger partial charge in [0.05, 0.1) is 17.7 Å². The van der Waals surface area contributed by atoms with Crippen LogP contribution in [0, 0.1) is 19.7 Å². The van der Waals surface area contributed by atoms with Gasteiger partial charge in [0.1, 0.15) is 27.9 Å². The van der Waals surface area contributed by atoms with Crippen LogP contribution in [-0.4, -0.2) is 28.0 Å². The van der Waals surface area contributed by atoms with E-state index >= 15 is 0 Å². The van der Waals surface area contributed by atoms with E-state index < -0.39 is 23.3 Å². The van der Waals surface area contributed by atoms with Crippen molar-refractivity contribution < 1.29 is 18.7 Å². The molecule has 0 bridgehead atoms. The van der Waals surface area contributed by atoms with Crippen molar-refractivity contribution in [3.63, 3.8) is 0 Å². The fourth-order valence-electron chi connectivity index (χ4n) is 2.79. The van der Waals surface area contributed by atoms with Gasteiger partial charge in [0.25, 0.3) is 5.56 Å². The van der Waals surface area contributed by atoms with Crippen LogP contribution in [0.3, 0.4) is 0 Å². The van der Waals surface area contributed by atoms with Gasteiger partial charge in [-0.05, 0) is 38.5 Å². The highest BCUT2D eigenvalue weighted by Gasteiger charge is 2.22. The maximum Gasteiger partial charge on any atom is 0.348 e. The van der Waals surface area contributed by atoms with Crippen molar-refractivity contribution in [3.05, 3.63) is 56.7 Å². The Bertz CT molecular complexity index is 1140. The third kappa shape index (κ3) is 3.65. The first-order valence-electron chi connectivity index (χ1n) is 8.55. The second-order valence-electron chi connectivity index (χ2n) is 6.04. The Morgan fingerprint density at radius 2 is 2.00 bits per heavy atom. The Hall–Kier alpha value is -3.07. The molecule has 0 unspecified atom stereocenters. The first-order chi connectivity index (χ1) is 13.3. The zero-order chi connectivity index (χ0) is 20.4. The number of nitrogens with zero attached hydrogens (tertiary/aromatic N) is 2. The molecule has 0 radical (unpaired) electrons. The lowest BCUT2D eigenvalue weighted by Crippen LogP contribution is -2.30. The fourth-order valence-corrected chi connectivity index (χ4v) is 3.90. The SMILES string of the molecule is CCOC(=O)c1sc2nc(C)n(CC(=O)Nc3ccccc3F)c(=O)c2c1C. The van der Waals surface area contributed by atoms with Gasteiger partial charge in [0, 0.05) is 0 Å². The minimum Gasteiger partial charge on any atom is -0.462 e. The number of esters is 1. The Morgan fingerprint density at radius 3 is 2.68 bits per heavy atom. The largest absolute Gasteiger partial charge is 0.462 e. The molecule has 2 heterocycles. The van der Waals surface area contributed by atoms with Gasteiger partial charge in [0.15, 0.2) is 0 Å². The van der Waals surface area contributed by atoms with E-state index in [0.717, 1.165) is 11.3 Å². The predicted octanol–water partition coefficient (Wildman–Crippen LogP) is 3.03. The number of fused-ring (bicyclic) bond motifs is 1. The van der Waals surface area contributed by atoms with E-state index in [1.165, 1.54) is 22.8 Å². The maximum absolute atomic E-state index is 13.7. The normalized spacial score (nSPS) is 10.9. The molecule has 7 nitrogen and oxygen atoms in total. The van der Waals surface area contributed by atoms with E-state index in [0.29, 0.717) is 21.1 Å². The number of para-hydroxylation sites is 1. The smallest absolute Gasteiger partial charge is 0.348 e. The lowest BCUT2D eigenvalue weighted by Gasteiger charge is -2.10. The van der Waals surface area contributed by atoms with E-state index in [9.17, 15) is 18.8 Å². The van der Waals surface area contributed by atoms with Gasteiger partial charge in [-0.3, -0.25) is 14.2 Å². The molecule has 0 saturated carbocycles. The first kappa shape index (κ1) is 19.7. The molecular weight excluding hydrogens is 385 g/mol. The minimum absolute atomic E-state index is 0.0311. The molecule has 9 heteroatoms. The van der Waals surface area contributed by atoms with Crippen molar-refractivity contribution in [1.29, 1.82) is 0 Å². The number of hydrogen-bond donors (Lipinski definition) is 1. The summed E-state index contributed by atoms with van der Waals surface area (Å²) in [5.41, 5.74) is 0.0678. The van der Waals surface area contributed by atoms with Gasteiger partial charge in [0.2, 0.25) is 5.91 Å². The summed E-state index contributed by atoms with van der Waals surface area (Å²) in [5.74, 6) is -1.32. The molecule has 1 aromatic carbocycles. The average Bonchev–Trinajstić information content (AvgIpc) is 2.97. The van der Waals surface area contributed by atoms with Crippen molar-refractivity contribution >= 4 is 39.1 Å². The number of rotatable bonds is 5. The number of hydrogen-bond acceptors (Lipinski definition) is 6. The Morgan fingerprint density at radius 1 is 1.29 bits per heavy atom. The third-order valence-electron chi connectivity index (χ3n) is 4.15. The Balaban J connectivity index is 1.97.